The number of carbonyl (C=O) groups excluding carboxylic acids is 1. The molecule has 0 radical (unpaired) electrons. The first-order chi connectivity index (χ1) is 9.74. The Morgan fingerprint density at radius 1 is 1.30 bits per heavy atom. The summed E-state index contributed by atoms with van der Waals surface area (Å²) >= 11 is 0. The van der Waals surface area contributed by atoms with Gasteiger partial charge in [-0.25, -0.2) is 0 Å². The maximum Gasteiger partial charge on any atom is 0.242 e. The molecule has 2 heterocycles. The van der Waals surface area contributed by atoms with Crippen molar-refractivity contribution in [2.45, 2.75) is 26.7 Å². The highest BCUT2D eigenvalue weighted by atomic mass is 16.5. The molecular weight excluding hydrogens is 256 g/mol. The van der Waals surface area contributed by atoms with Crippen LogP contribution in [0.1, 0.15) is 26.7 Å². The largest absolute Gasteiger partial charge is 0.477 e. The molecule has 1 aromatic heterocycles. The SMILES string of the molecule is CCCN1CCCN(c2cncc(OCC)n2)CC1=O. The molecule has 0 aromatic carbocycles. The Hall–Kier alpha value is -1.85. The topological polar surface area (TPSA) is 58.6 Å². The fourth-order valence-corrected chi connectivity index (χ4v) is 2.33. The van der Waals surface area contributed by atoms with Gasteiger partial charge in [0.15, 0.2) is 5.82 Å². The molecule has 1 saturated heterocycles. The van der Waals surface area contributed by atoms with Gasteiger partial charge in [-0.1, -0.05) is 6.92 Å². The Kier molecular flexibility index (Phi) is 5.15. The van der Waals surface area contributed by atoms with E-state index in [0.717, 1.165) is 32.5 Å². The third-order valence-electron chi connectivity index (χ3n) is 3.24. The highest BCUT2D eigenvalue weighted by Gasteiger charge is 2.22. The average molecular weight is 278 g/mol. The van der Waals surface area contributed by atoms with Crippen LogP contribution >= 0.6 is 0 Å². The predicted molar refractivity (Wildman–Crippen MR) is 76.9 cm³/mol. The Balaban J connectivity index is 2.08. The molecule has 20 heavy (non-hydrogen) atoms. The Morgan fingerprint density at radius 3 is 2.90 bits per heavy atom. The summed E-state index contributed by atoms with van der Waals surface area (Å²) < 4.78 is 5.36. The summed E-state index contributed by atoms with van der Waals surface area (Å²) in [6.07, 6.45) is 5.22. The second-order valence-corrected chi connectivity index (χ2v) is 4.80. The lowest BCUT2D eigenvalue weighted by Gasteiger charge is -2.22. The predicted octanol–water partition coefficient (Wildman–Crippen LogP) is 1.32. The van der Waals surface area contributed by atoms with Gasteiger partial charge >= 0.3 is 0 Å². The maximum atomic E-state index is 12.2. The van der Waals surface area contributed by atoms with Gasteiger partial charge in [0, 0.05) is 19.6 Å². The van der Waals surface area contributed by atoms with Crippen LogP contribution in [0.15, 0.2) is 12.4 Å². The zero-order chi connectivity index (χ0) is 14.4. The molecule has 0 bridgehead atoms. The molecular formula is C14H22N4O2. The van der Waals surface area contributed by atoms with Gasteiger partial charge in [-0.15, -0.1) is 0 Å². The third-order valence-corrected chi connectivity index (χ3v) is 3.24. The summed E-state index contributed by atoms with van der Waals surface area (Å²) in [5.74, 6) is 1.38. The van der Waals surface area contributed by atoms with E-state index in [2.05, 4.69) is 16.9 Å². The number of ether oxygens (including phenoxy) is 1. The lowest BCUT2D eigenvalue weighted by atomic mass is 10.3. The van der Waals surface area contributed by atoms with Crippen LogP contribution in [0, 0.1) is 0 Å². The molecule has 0 unspecified atom stereocenters. The van der Waals surface area contributed by atoms with E-state index in [4.69, 9.17) is 4.74 Å². The summed E-state index contributed by atoms with van der Waals surface area (Å²) in [4.78, 5) is 24.7. The van der Waals surface area contributed by atoms with Gasteiger partial charge < -0.3 is 14.5 Å². The van der Waals surface area contributed by atoms with Crippen LogP contribution in [-0.4, -0.2) is 53.6 Å². The first-order valence-corrected chi connectivity index (χ1v) is 7.22. The lowest BCUT2D eigenvalue weighted by Crippen LogP contribution is -2.37. The van der Waals surface area contributed by atoms with Crippen molar-refractivity contribution in [3.8, 4) is 5.88 Å². The quantitative estimate of drug-likeness (QED) is 0.813. The molecule has 6 heteroatoms. The van der Waals surface area contributed by atoms with Crippen molar-refractivity contribution in [3.05, 3.63) is 12.4 Å². The molecule has 0 atom stereocenters. The molecule has 0 aliphatic carbocycles. The van der Waals surface area contributed by atoms with E-state index >= 15 is 0 Å². The van der Waals surface area contributed by atoms with Crippen molar-refractivity contribution in [2.75, 3.05) is 37.7 Å². The van der Waals surface area contributed by atoms with Crippen molar-refractivity contribution in [3.63, 3.8) is 0 Å². The van der Waals surface area contributed by atoms with Crippen molar-refractivity contribution in [2.24, 2.45) is 0 Å². The third kappa shape index (κ3) is 3.59. The van der Waals surface area contributed by atoms with Crippen molar-refractivity contribution in [1.29, 1.82) is 0 Å². The minimum atomic E-state index is 0.160. The second kappa shape index (κ2) is 7.07. The van der Waals surface area contributed by atoms with E-state index in [1.807, 2.05) is 16.7 Å². The number of amides is 1. The maximum absolute atomic E-state index is 12.2. The molecule has 1 aromatic rings. The first kappa shape index (κ1) is 14.6. The van der Waals surface area contributed by atoms with Gasteiger partial charge in [0.2, 0.25) is 11.8 Å². The summed E-state index contributed by atoms with van der Waals surface area (Å²) in [7, 11) is 0. The second-order valence-electron chi connectivity index (χ2n) is 4.80. The van der Waals surface area contributed by atoms with E-state index in [-0.39, 0.29) is 5.91 Å². The van der Waals surface area contributed by atoms with Crippen LogP contribution in [-0.2, 0) is 4.79 Å². The molecule has 0 saturated carbocycles. The summed E-state index contributed by atoms with van der Waals surface area (Å²) in [5.41, 5.74) is 0. The van der Waals surface area contributed by atoms with E-state index < -0.39 is 0 Å². The molecule has 1 fully saturated rings. The molecule has 1 amide bonds. The molecule has 110 valence electrons. The monoisotopic (exact) mass is 278 g/mol. The van der Waals surface area contributed by atoms with Gasteiger partial charge in [0.25, 0.3) is 0 Å². The first-order valence-electron chi connectivity index (χ1n) is 7.22. The Morgan fingerprint density at radius 2 is 2.15 bits per heavy atom. The van der Waals surface area contributed by atoms with Crippen LogP contribution in [0.25, 0.3) is 0 Å². The van der Waals surface area contributed by atoms with Gasteiger partial charge in [-0.2, -0.15) is 4.98 Å². The highest BCUT2D eigenvalue weighted by molar-refractivity contribution is 5.81. The minimum absolute atomic E-state index is 0.160. The van der Waals surface area contributed by atoms with Crippen molar-refractivity contribution >= 4 is 11.7 Å². The number of carbonyl (C=O) groups is 1. The number of nitrogens with zero attached hydrogens (tertiary/aromatic N) is 4. The highest BCUT2D eigenvalue weighted by Crippen LogP contribution is 2.16. The molecule has 0 spiro atoms. The standard InChI is InChI=1S/C14H22N4O2/c1-3-6-17-7-5-8-18(11-14(17)19)12-9-15-10-13(16-12)20-4-2/h9-10H,3-8,11H2,1-2H3. The fraction of sp³-hybridized carbons (Fsp3) is 0.643. The van der Waals surface area contributed by atoms with E-state index in [0.29, 0.717) is 24.8 Å². The van der Waals surface area contributed by atoms with E-state index in [1.54, 1.807) is 12.4 Å². The Labute approximate surface area is 119 Å². The van der Waals surface area contributed by atoms with Crippen LogP contribution < -0.4 is 9.64 Å². The average Bonchev–Trinajstić information content (AvgIpc) is 2.63. The number of anilines is 1. The van der Waals surface area contributed by atoms with E-state index in [1.165, 1.54) is 0 Å². The van der Waals surface area contributed by atoms with Crippen molar-refractivity contribution in [1.82, 2.24) is 14.9 Å². The molecule has 1 aliphatic rings. The number of hydrogen-bond acceptors (Lipinski definition) is 5. The minimum Gasteiger partial charge on any atom is -0.477 e. The molecule has 6 nitrogen and oxygen atoms in total. The normalized spacial score (nSPS) is 16.2. The Bertz CT molecular complexity index is 453. The van der Waals surface area contributed by atoms with E-state index in [9.17, 15) is 4.79 Å². The smallest absolute Gasteiger partial charge is 0.242 e. The summed E-state index contributed by atoms with van der Waals surface area (Å²) in [6, 6.07) is 0. The number of rotatable bonds is 5. The van der Waals surface area contributed by atoms with Gasteiger partial charge in [-0.3, -0.25) is 9.78 Å². The number of aromatic nitrogens is 2. The van der Waals surface area contributed by atoms with Gasteiger partial charge in [0.1, 0.15) is 0 Å². The van der Waals surface area contributed by atoms with Crippen molar-refractivity contribution < 1.29 is 9.53 Å². The zero-order valence-corrected chi connectivity index (χ0v) is 12.2. The van der Waals surface area contributed by atoms with Crippen LogP contribution in [0.5, 0.6) is 5.88 Å². The summed E-state index contributed by atoms with van der Waals surface area (Å²) in [5, 5.41) is 0. The van der Waals surface area contributed by atoms with Gasteiger partial charge in [-0.05, 0) is 19.8 Å². The fourth-order valence-electron chi connectivity index (χ4n) is 2.33. The summed E-state index contributed by atoms with van der Waals surface area (Å²) in [6.45, 7) is 7.39. The van der Waals surface area contributed by atoms with Gasteiger partial charge in [0.05, 0.1) is 25.5 Å². The van der Waals surface area contributed by atoms with Crippen LogP contribution in [0.2, 0.25) is 0 Å². The molecule has 1 aliphatic heterocycles. The molecule has 0 N–H and O–H groups in total. The molecule has 2 rings (SSSR count). The van der Waals surface area contributed by atoms with Crippen LogP contribution in [0.3, 0.4) is 0 Å². The lowest BCUT2D eigenvalue weighted by molar-refractivity contribution is -0.129. The zero-order valence-electron chi connectivity index (χ0n) is 12.2. The van der Waals surface area contributed by atoms with Crippen LogP contribution in [0.4, 0.5) is 5.82 Å². The number of hydrogen-bond donors (Lipinski definition) is 0.